The van der Waals surface area contributed by atoms with Crippen LogP contribution in [-0.2, 0) is 12.8 Å². The minimum atomic E-state index is 1.22. The fraction of sp³-hybridized carbons (Fsp3) is 0.105. The Hall–Kier alpha value is -4.42. The van der Waals surface area contributed by atoms with Crippen molar-refractivity contribution in [2.24, 2.45) is 0 Å². The lowest BCUT2D eigenvalue weighted by Crippen LogP contribution is -2.03. The molecular formula is C38H30. The second-order valence-electron chi connectivity index (χ2n) is 10.4. The lowest BCUT2D eigenvalue weighted by Gasteiger charge is -2.20. The van der Waals surface area contributed by atoms with Gasteiger partial charge in [0.15, 0.2) is 0 Å². The van der Waals surface area contributed by atoms with Gasteiger partial charge in [0.2, 0.25) is 0 Å². The maximum absolute atomic E-state index is 2.44. The average Bonchev–Trinajstić information content (AvgIpc) is 3.00. The Labute approximate surface area is 224 Å². The second-order valence-corrected chi connectivity index (χ2v) is 10.4. The summed E-state index contributed by atoms with van der Waals surface area (Å²) in [5, 5.41) is 10.8. The Morgan fingerprint density at radius 1 is 0.368 bits per heavy atom. The third-order valence-electron chi connectivity index (χ3n) is 8.07. The van der Waals surface area contributed by atoms with Crippen LogP contribution >= 0.6 is 0 Å². The van der Waals surface area contributed by atoms with E-state index in [1.807, 2.05) is 0 Å². The van der Waals surface area contributed by atoms with Gasteiger partial charge in [-0.15, -0.1) is 0 Å². The van der Waals surface area contributed by atoms with Gasteiger partial charge in [-0.25, -0.2) is 0 Å². The van der Waals surface area contributed by atoms with E-state index >= 15 is 0 Å². The molecule has 0 heterocycles. The molecule has 1 aliphatic carbocycles. The largest absolute Gasteiger partial charge is 0.0622 e. The highest BCUT2D eigenvalue weighted by Crippen LogP contribution is 2.38. The summed E-state index contributed by atoms with van der Waals surface area (Å²) in [5.41, 5.74) is 5.81. The van der Waals surface area contributed by atoms with E-state index in [9.17, 15) is 0 Å². The molecule has 0 N–H and O–H groups in total. The molecule has 7 aromatic rings. The first-order valence-corrected chi connectivity index (χ1v) is 13.7. The van der Waals surface area contributed by atoms with Gasteiger partial charge in [-0.1, -0.05) is 115 Å². The summed E-state index contributed by atoms with van der Waals surface area (Å²) in [7, 11) is 0. The van der Waals surface area contributed by atoms with Crippen LogP contribution in [0.1, 0.15) is 24.0 Å². The summed E-state index contributed by atoms with van der Waals surface area (Å²) < 4.78 is 0. The minimum Gasteiger partial charge on any atom is -0.0622 e. The maximum Gasteiger partial charge on any atom is -0.00989 e. The Balaban J connectivity index is 0.000000147. The van der Waals surface area contributed by atoms with Crippen molar-refractivity contribution >= 4 is 43.1 Å². The van der Waals surface area contributed by atoms with Gasteiger partial charge in [-0.2, -0.15) is 0 Å². The standard InChI is InChI=1S/C24H20.C14H10/c1-2-8-17(9-3-1)23-16-24-19-11-5-4-10-18(19)14-15-22(24)20-12-6-7-13-21(20)23;1-2-6-12-10-14-8-4-3-7-13(14)9-11(12)5-1/h1-3,6-9,12-16H,4-5,10-11H2;1-10H. The van der Waals surface area contributed by atoms with Crippen LogP contribution in [0.2, 0.25) is 0 Å². The van der Waals surface area contributed by atoms with Gasteiger partial charge in [0.1, 0.15) is 0 Å². The topological polar surface area (TPSA) is 0 Å². The van der Waals surface area contributed by atoms with Crippen LogP contribution in [0.25, 0.3) is 54.2 Å². The molecule has 1 aliphatic rings. The van der Waals surface area contributed by atoms with Crippen molar-refractivity contribution in [2.45, 2.75) is 25.7 Å². The minimum absolute atomic E-state index is 1.22. The zero-order valence-electron chi connectivity index (χ0n) is 21.5. The molecule has 182 valence electrons. The van der Waals surface area contributed by atoms with Gasteiger partial charge in [-0.3, -0.25) is 0 Å². The molecule has 7 aromatic carbocycles. The average molecular weight is 487 g/mol. The van der Waals surface area contributed by atoms with E-state index in [4.69, 9.17) is 0 Å². The Bertz CT molecular complexity index is 1810. The first-order valence-electron chi connectivity index (χ1n) is 13.7. The van der Waals surface area contributed by atoms with Crippen LogP contribution in [0.3, 0.4) is 0 Å². The molecule has 0 fully saturated rings. The molecule has 0 saturated carbocycles. The molecule has 38 heavy (non-hydrogen) atoms. The number of aryl methyl sites for hydroxylation is 2. The number of rotatable bonds is 1. The van der Waals surface area contributed by atoms with E-state index in [0.29, 0.717) is 0 Å². The fourth-order valence-corrected chi connectivity index (χ4v) is 6.17. The van der Waals surface area contributed by atoms with Crippen LogP contribution < -0.4 is 0 Å². The predicted octanol–water partition coefficient (Wildman–Crippen LogP) is 10.5. The van der Waals surface area contributed by atoms with Gasteiger partial charge in [-0.05, 0) is 109 Å². The molecular weight excluding hydrogens is 456 g/mol. The molecule has 8 rings (SSSR count). The van der Waals surface area contributed by atoms with Crippen LogP contribution in [0.4, 0.5) is 0 Å². The molecule has 0 atom stereocenters. The molecule has 0 nitrogen and oxygen atoms in total. The van der Waals surface area contributed by atoms with Gasteiger partial charge in [0, 0.05) is 0 Å². The highest BCUT2D eigenvalue weighted by molar-refractivity contribution is 6.14. The number of benzene rings is 7. The first kappa shape index (κ1) is 22.8. The SMILES string of the molecule is c1ccc(-c2cc3c4c(ccc3c3ccccc23)CCCC4)cc1.c1ccc2cc3ccccc3cc2c1. The summed E-state index contributed by atoms with van der Waals surface area (Å²) >= 11 is 0. The third-order valence-corrected chi connectivity index (χ3v) is 8.07. The second kappa shape index (κ2) is 9.80. The van der Waals surface area contributed by atoms with Crippen LogP contribution in [0.15, 0.2) is 133 Å². The van der Waals surface area contributed by atoms with Gasteiger partial charge >= 0.3 is 0 Å². The molecule has 0 aromatic heterocycles. The molecule has 0 bridgehead atoms. The van der Waals surface area contributed by atoms with E-state index in [-0.39, 0.29) is 0 Å². The Morgan fingerprint density at radius 3 is 1.55 bits per heavy atom. The van der Waals surface area contributed by atoms with Crippen LogP contribution in [-0.4, -0.2) is 0 Å². The highest BCUT2D eigenvalue weighted by Gasteiger charge is 2.15. The molecule has 0 amide bonds. The van der Waals surface area contributed by atoms with Crippen molar-refractivity contribution in [1.29, 1.82) is 0 Å². The molecule has 0 heteroatoms. The van der Waals surface area contributed by atoms with Crippen molar-refractivity contribution in [3.05, 3.63) is 145 Å². The normalized spacial score (nSPS) is 12.8. The van der Waals surface area contributed by atoms with Gasteiger partial charge in [0.05, 0.1) is 0 Å². The first-order chi connectivity index (χ1) is 18.8. The lowest BCUT2D eigenvalue weighted by molar-refractivity contribution is 0.690. The van der Waals surface area contributed by atoms with Gasteiger partial charge < -0.3 is 0 Å². The third kappa shape index (κ3) is 4.13. The summed E-state index contributed by atoms with van der Waals surface area (Å²) in [5.74, 6) is 0. The summed E-state index contributed by atoms with van der Waals surface area (Å²) in [6.07, 6.45) is 5.11. The van der Waals surface area contributed by atoms with Crippen molar-refractivity contribution < 1.29 is 0 Å². The van der Waals surface area contributed by atoms with E-state index in [1.54, 1.807) is 11.1 Å². The zero-order chi connectivity index (χ0) is 25.3. The maximum atomic E-state index is 2.44. The monoisotopic (exact) mass is 486 g/mol. The number of hydrogen-bond acceptors (Lipinski definition) is 0. The Kier molecular flexibility index (Phi) is 5.87. The summed E-state index contributed by atoms with van der Waals surface area (Å²) in [6, 6.07) is 48.2. The Morgan fingerprint density at radius 2 is 0.895 bits per heavy atom. The van der Waals surface area contributed by atoms with Crippen molar-refractivity contribution in [3.63, 3.8) is 0 Å². The molecule has 0 saturated heterocycles. The van der Waals surface area contributed by atoms with E-state index in [2.05, 4.69) is 133 Å². The molecule has 0 unspecified atom stereocenters. The quantitative estimate of drug-likeness (QED) is 0.160. The predicted molar refractivity (Wildman–Crippen MR) is 165 cm³/mol. The number of fused-ring (bicyclic) bond motifs is 7. The van der Waals surface area contributed by atoms with E-state index < -0.39 is 0 Å². The van der Waals surface area contributed by atoms with E-state index in [0.717, 1.165) is 0 Å². The highest BCUT2D eigenvalue weighted by atomic mass is 14.2. The van der Waals surface area contributed by atoms with Crippen LogP contribution in [0, 0.1) is 0 Å². The molecule has 0 radical (unpaired) electrons. The molecule has 0 aliphatic heterocycles. The fourth-order valence-electron chi connectivity index (χ4n) is 6.17. The van der Waals surface area contributed by atoms with Crippen molar-refractivity contribution in [1.82, 2.24) is 0 Å². The van der Waals surface area contributed by atoms with Crippen molar-refractivity contribution in [2.75, 3.05) is 0 Å². The summed E-state index contributed by atoms with van der Waals surface area (Å²) in [4.78, 5) is 0. The smallest absolute Gasteiger partial charge is 0.00989 e. The van der Waals surface area contributed by atoms with E-state index in [1.165, 1.54) is 79.9 Å². The van der Waals surface area contributed by atoms with Gasteiger partial charge in [0.25, 0.3) is 0 Å². The lowest BCUT2D eigenvalue weighted by atomic mass is 9.84. The number of hydrogen-bond donors (Lipinski definition) is 0. The van der Waals surface area contributed by atoms with Crippen LogP contribution in [0.5, 0.6) is 0 Å². The summed E-state index contributed by atoms with van der Waals surface area (Å²) in [6.45, 7) is 0. The van der Waals surface area contributed by atoms with Crippen molar-refractivity contribution in [3.8, 4) is 11.1 Å². The molecule has 0 spiro atoms. The zero-order valence-corrected chi connectivity index (χ0v) is 21.5.